The van der Waals surface area contributed by atoms with Gasteiger partial charge in [0, 0.05) is 12.6 Å². The second-order valence-electron chi connectivity index (χ2n) is 5.46. The second-order valence-corrected chi connectivity index (χ2v) is 5.46. The van der Waals surface area contributed by atoms with Crippen molar-refractivity contribution in [2.75, 3.05) is 27.9 Å². The molecule has 1 amide bonds. The minimum absolute atomic E-state index is 0.0522. The fourth-order valence-electron chi connectivity index (χ4n) is 2.40. The lowest BCUT2D eigenvalue weighted by Gasteiger charge is -2.17. The average Bonchev–Trinajstić information content (AvgIpc) is 2.69. The Hall–Kier alpha value is -2.99. The van der Waals surface area contributed by atoms with Gasteiger partial charge in [-0.3, -0.25) is 4.79 Å². The topological polar surface area (TPSA) is 77.0 Å². The molecule has 2 aromatic rings. The Bertz CT molecular complexity index is 733. The van der Waals surface area contributed by atoms with Gasteiger partial charge < -0.3 is 24.6 Å². The molecular formula is C20H23NO5. The number of hydrogen-bond donors (Lipinski definition) is 2. The largest absolute Gasteiger partial charge is 0.493 e. The van der Waals surface area contributed by atoms with Gasteiger partial charge in [0.05, 0.1) is 27.4 Å². The molecule has 6 heteroatoms. The van der Waals surface area contributed by atoms with Crippen LogP contribution in [0, 0.1) is 0 Å². The van der Waals surface area contributed by atoms with Crippen LogP contribution >= 0.6 is 0 Å². The lowest BCUT2D eigenvalue weighted by Crippen LogP contribution is -2.26. The van der Waals surface area contributed by atoms with Gasteiger partial charge in [0.2, 0.25) is 11.7 Å². The predicted octanol–water partition coefficient (Wildman–Crippen LogP) is 2.58. The van der Waals surface area contributed by atoms with Gasteiger partial charge in [-0.1, -0.05) is 30.3 Å². The van der Waals surface area contributed by atoms with E-state index >= 15 is 0 Å². The monoisotopic (exact) mass is 357 g/mol. The highest BCUT2D eigenvalue weighted by Gasteiger charge is 2.17. The van der Waals surface area contributed by atoms with E-state index in [1.165, 1.54) is 27.4 Å². The predicted molar refractivity (Wildman–Crippen MR) is 99.5 cm³/mol. The Kier molecular flexibility index (Phi) is 7.05. The lowest BCUT2D eigenvalue weighted by atomic mass is 10.1. The number of amides is 1. The summed E-state index contributed by atoms with van der Waals surface area (Å²) in [5.41, 5.74) is 1.47. The zero-order chi connectivity index (χ0) is 18.9. The molecular weight excluding hydrogens is 334 g/mol. The van der Waals surface area contributed by atoms with Gasteiger partial charge in [0.25, 0.3) is 0 Å². The summed E-state index contributed by atoms with van der Waals surface area (Å²) in [6.07, 6.45) is 2.22. The van der Waals surface area contributed by atoms with Crippen LogP contribution in [0.25, 0.3) is 6.08 Å². The second kappa shape index (κ2) is 9.48. The maximum Gasteiger partial charge on any atom is 0.244 e. The zero-order valence-electron chi connectivity index (χ0n) is 15.1. The highest BCUT2D eigenvalue weighted by Crippen LogP contribution is 2.39. The van der Waals surface area contributed by atoms with Crippen LogP contribution in [-0.2, 0) is 4.79 Å². The summed E-state index contributed by atoms with van der Waals surface area (Å²) < 4.78 is 15.8. The van der Waals surface area contributed by atoms with E-state index in [1.807, 2.05) is 30.3 Å². The van der Waals surface area contributed by atoms with E-state index in [4.69, 9.17) is 14.2 Å². The molecule has 0 bridgehead atoms. The van der Waals surface area contributed by atoms with Crippen molar-refractivity contribution < 1.29 is 24.1 Å². The molecule has 0 aliphatic heterocycles. The van der Waals surface area contributed by atoms with E-state index in [0.717, 1.165) is 5.56 Å². The van der Waals surface area contributed by atoms with Crippen molar-refractivity contribution in [2.45, 2.75) is 6.10 Å². The highest BCUT2D eigenvalue weighted by molar-refractivity contribution is 5.91. The smallest absolute Gasteiger partial charge is 0.244 e. The summed E-state index contributed by atoms with van der Waals surface area (Å²) in [5.74, 6) is 1.04. The summed E-state index contributed by atoms with van der Waals surface area (Å²) in [6, 6.07) is 12.8. The molecule has 0 saturated heterocycles. The molecule has 0 fully saturated rings. The highest BCUT2D eigenvalue weighted by atomic mass is 16.5. The van der Waals surface area contributed by atoms with Gasteiger partial charge in [-0.2, -0.15) is 0 Å². The molecule has 0 saturated carbocycles. The van der Waals surface area contributed by atoms with Crippen LogP contribution in [0.5, 0.6) is 17.2 Å². The Balaban J connectivity index is 2.02. The van der Waals surface area contributed by atoms with Crippen LogP contribution in [-0.4, -0.2) is 38.9 Å². The summed E-state index contributed by atoms with van der Waals surface area (Å²) >= 11 is 0. The van der Waals surface area contributed by atoms with Gasteiger partial charge in [-0.15, -0.1) is 0 Å². The summed E-state index contributed by atoms with van der Waals surface area (Å²) in [7, 11) is 4.52. The number of ether oxygens (including phenoxy) is 3. The van der Waals surface area contributed by atoms with Crippen molar-refractivity contribution in [3.05, 3.63) is 59.7 Å². The molecule has 1 atom stereocenters. The number of hydrogen-bond acceptors (Lipinski definition) is 5. The van der Waals surface area contributed by atoms with E-state index in [2.05, 4.69) is 5.32 Å². The molecule has 2 rings (SSSR count). The van der Waals surface area contributed by atoms with Crippen LogP contribution in [0.4, 0.5) is 0 Å². The van der Waals surface area contributed by atoms with Crippen molar-refractivity contribution in [1.29, 1.82) is 0 Å². The first-order valence-corrected chi connectivity index (χ1v) is 8.08. The van der Waals surface area contributed by atoms with Crippen LogP contribution in [0.1, 0.15) is 17.2 Å². The molecule has 0 heterocycles. The third kappa shape index (κ3) is 5.00. The number of benzene rings is 2. The van der Waals surface area contributed by atoms with Gasteiger partial charge in [-0.25, -0.2) is 0 Å². The Morgan fingerprint density at radius 2 is 1.69 bits per heavy atom. The third-order valence-electron chi connectivity index (χ3n) is 3.77. The van der Waals surface area contributed by atoms with Crippen molar-refractivity contribution in [2.24, 2.45) is 0 Å². The van der Waals surface area contributed by atoms with E-state index in [0.29, 0.717) is 22.8 Å². The van der Waals surface area contributed by atoms with Crippen molar-refractivity contribution in [1.82, 2.24) is 5.32 Å². The van der Waals surface area contributed by atoms with E-state index < -0.39 is 6.10 Å². The van der Waals surface area contributed by atoms with Crippen molar-refractivity contribution >= 4 is 12.0 Å². The minimum Gasteiger partial charge on any atom is -0.493 e. The summed E-state index contributed by atoms with van der Waals surface area (Å²) in [5, 5.41) is 13.0. The lowest BCUT2D eigenvalue weighted by molar-refractivity contribution is -0.116. The summed E-state index contributed by atoms with van der Waals surface area (Å²) in [6.45, 7) is 0.0522. The first kappa shape index (κ1) is 19.3. The molecule has 6 nitrogen and oxygen atoms in total. The first-order valence-electron chi connectivity index (χ1n) is 8.08. The summed E-state index contributed by atoms with van der Waals surface area (Å²) in [4.78, 5) is 11.9. The van der Waals surface area contributed by atoms with E-state index in [-0.39, 0.29) is 12.5 Å². The average molecular weight is 357 g/mol. The first-order chi connectivity index (χ1) is 12.6. The SMILES string of the molecule is COc1cc([C@H](O)CNC(=O)/C=C/c2ccccc2)cc(OC)c1OC. The molecule has 0 unspecified atom stereocenters. The van der Waals surface area contributed by atoms with E-state index in [9.17, 15) is 9.90 Å². The van der Waals surface area contributed by atoms with Gasteiger partial charge >= 0.3 is 0 Å². The van der Waals surface area contributed by atoms with Crippen LogP contribution < -0.4 is 19.5 Å². The van der Waals surface area contributed by atoms with E-state index in [1.54, 1.807) is 18.2 Å². The molecule has 0 aromatic heterocycles. The minimum atomic E-state index is -0.919. The normalized spacial score (nSPS) is 11.8. The van der Waals surface area contributed by atoms with Crippen LogP contribution in [0.3, 0.4) is 0 Å². The Morgan fingerprint density at radius 3 is 2.23 bits per heavy atom. The molecule has 0 aliphatic rings. The molecule has 2 aromatic carbocycles. The van der Waals surface area contributed by atoms with Crippen LogP contribution in [0.2, 0.25) is 0 Å². The maximum atomic E-state index is 11.9. The van der Waals surface area contributed by atoms with Crippen molar-refractivity contribution in [3.8, 4) is 17.2 Å². The number of aliphatic hydroxyl groups excluding tert-OH is 1. The van der Waals surface area contributed by atoms with Gasteiger partial charge in [-0.05, 0) is 29.3 Å². The van der Waals surface area contributed by atoms with Gasteiger partial charge in [0.1, 0.15) is 0 Å². The molecule has 138 valence electrons. The van der Waals surface area contributed by atoms with Crippen LogP contribution in [0.15, 0.2) is 48.5 Å². The van der Waals surface area contributed by atoms with Crippen molar-refractivity contribution in [3.63, 3.8) is 0 Å². The molecule has 0 spiro atoms. The fourth-order valence-corrected chi connectivity index (χ4v) is 2.40. The number of aliphatic hydroxyl groups is 1. The van der Waals surface area contributed by atoms with Gasteiger partial charge in [0.15, 0.2) is 11.5 Å². The maximum absolute atomic E-state index is 11.9. The molecule has 2 N–H and O–H groups in total. The number of methoxy groups -OCH3 is 3. The standard InChI is InChI=1S/C20H23NO5/c1-24-17-11-15(12-18(25-2)20(17)26-3)16(22)13-21-19(23)10-9-14-7-5-4-6-8-14/h4-12,16,22H,13H2,1-3H3,(H,21,23)/b10-9+/t16-/m1/s1. The zero-order valence-corrected chi connectivity index (χ0v) is 15.1. The number of carbonyl (C=O) groups is 1. The fraction of sp³-hybridized carbons (Fsp3) is 0.250. The molecule has 26 heavy (non-hydrogen) atoms. The third-order valence-corrected chi connectivity index (χ3v) is 3.77. The number of carbonyl (C=O) groups excluding carboxylic acids is 1. The molecule has 0 radical (unpaired) electrons. The number of nitrogens with one attached hydrogen (secondary N) is 1. The Morgan fingerprint density at radius 1 is 1.08 bits per heavy atom. The Labute approximate surface area is 153 Å². The quantitative estimate of drug-likeness (QED) is 0.710. The molecule has 0 aliphatic carbocycles. The number of rotatable bonds is 8.